The SMILES string of the molecule is Cc1nn(Oc2ccccc2)c(C)c1-c1ccccc1[N+](=O)[O-]. The molecule has 0 fully saturated rings. The molecule has 6 heteroatoms. The van der Waals surface area contributed by atoms with E-state index in [2.05, 4.69) is 5.10 Å². The highest BCUT2D eigenvalue weighted by Crippen LogP contribution is 2.34. The summed E-state index contributed by atoms with van der Waals surface area (Å²) in [7, 11) is 0. The summed E-state index contributed by atoms with van der Waals surface area (Å²) in [6.07, 6.45) is 0. The van der Waals surface area contributed by atoms with Crippen LogP contribution in [0, 0.1) is 24.0 Å². The van der Waals surface area contributed by atoms with Crippen LogP contribution in [0.25, 0.3) is 11.1 Å². The Morgan fingerprint density at radius 1 is 1.04 bits per heavy atom. The largest absolute Gasteiger partial charge is 0.358 e. The van der Waals surface area contributed by atoms with Crippen molar-refractivity contribution in [1.82, 2.24) is 9.94 Å². The van der Waals surface area contributed by atoms with Gasteiger partial charge in [-0.05, 0) is 32.0 Å². The first kappa shape index (κ1) is 14.8. The molecule has 116 valence electrons. The van der Waals surface area contributed by atoms with Gasteiger partial charge in [-0.1, -0.05) is 35.2 Å². The molecule has 0 aliphatic carbocycles. The van der Waals surface area contributed by atoms with E-state index in [1.54, 1.807) is 18.2 Å². The van der Waals surface area contributed by atoms with Gasteiger partial charge in [0.2, 0.25) is 0 Å². The maximum atomic E-state index is 11.3. The number of nitro benzene ring substituents is 1. The smallest absolute Gasteiger partial charge is 0.277 e. The number of para-hydroxylation sites is 2. The maximum Gasteiger partial charge on any atom is 0.277 e. The Bertz CT molecular complexity index is 857. The number of nitrogens with zero attached hydrogens (tertiary/aromatic N) is 3. The van der Waals surface area contributed by atoms with Gasteiger partial charge in [-0.2, -0.15) is 0 Å². The second-order valence-corrected chi connectivity index (χ2v) is 5.10. The van der Waals surface area contributed by atoms with Crippen LogP contribution >= 0.6 is 0 Å². The van der Waals surface area contributed by atoms with Crippen LogP contribution in [0.5, 0.6) is 5.75 Å². The molecular formula is C17H15N3O3. The summed E-state index contributed by atoms with van der Waals surface area (Å²) in [5.41, 5.74) is 2.69. The van der Waals surface area contributed by atoms with Gasteiger partial charge in [-0.25, -0.2) is 0 Å². The first-order valence-corrected chi connectivity index (χ1v) is 7.11. The van der Waals surface area contributed by atoms with Crippen molar-refractivity contribution in [3.63, 3.8) is 0 Å². The summed E-state index contributed by atoms with van der Waals surface area (Å²) in [5, 5.41) is 15.6. The third-order valence-electron chi connectivity index (χ3n) is 3.56. The van der Waals surface area contributed by atoms with E-state index in [9.17, 15) is 10.1 Å². The van der Waals surface area contributed by atoms with Crippen LogP contribution in [0.15, 0.2) is 54.6 Å². The van der Waals surface area contributed by atoms with Gasteiger partial charge in [-0.3, -0.25) is 10.1 Å². The van der Waals surface area contributed by atoms with Gasteiger partial charge in [-0.15, -0.1) is 5.10 Å². The van der Waals surface area contributed by atoms with Gasteiger partial charge in [0, 0.05) is 11.6 Å². The molecule has 6 nitrogen and oxygen atoms in total. The van der Waals surface area contributed by atoms with Crippen molar-refractivity contribution >= 4 is 5.69 Å². The first-order chi connectivity index (χ1) is 11.1. The van der Waals surface area contributed by atoms with E-state index in [0.29, 0.717) is 28.3 Å². The monoisotopic (exact) mass is 309 g/mol. The van der Waals surface area contributed by atoms with Gasteiger partial charge in [0.25, 0.3) is 5.69 Å². The predicted molar refractivity (Wildman–Crippen MR) is 86.3 cm³/mol. The number of rotatable bonds is 4. The minimum atomic E-state index is -0.385. The predicted octanol–water partition coefficient (Wildman–Crippen LogP) is 3.92. The third kappa shape index (κ3) is 2.78. The van der Waals surface area contributed by atoms with Crippen LogP contribution in [0.4, 0.5) is 5.69 Å². The molecule has 1 heterocycles. The topological polar surface area (TPSA) is 70.2 Å². The van der Waals surface area contributed by atoms with Crippen LogP contribution in [0.1, 0.15) is 11.4 Å². The van der Waals surface area contributed by atoms with Crippen molar-refractivity contribution in [3.05, 3.63) is 76.1 Å². The zero-order chi connectivity index (χ0) is 16.4. The molecule has 3 aromatic rings. The molecular weight excluding hydrogens is 294 g/mol. The lowest BCUT2D eigenvalue weighted by Crippen LogP contribution is -2.09. The molecule has 0 amide bonds. The molecule has 0 aliphatic rings. The Morgan fingerprint density at radius 3 is 2.39 bits per heavy atom. The van der Waals surface area contributed by atoms with E-state index in [0.717, 1.165) is 0 Å². The Hall–Kier alpha value is -3.15. The molecule has 0 saturated carbocycles. The van der Waals surface area contributed by atoms with E-state index in [-0.39, 0.29) is 10.6 Å². The molecule has 0 N–H and O–H groups in total. The second kappa shape index (κ2) is 5.92. The number of hydrogen-bond donors (Lipinski definition) is 0. The second-order valence-electron chi connectivity index (χ2n) is 5.10. The summed E-state index contributed by atoms with van der Waals surface area (Å²) in [6.45, 7) is 3.64. The van der Waals surface area contributed by atoms with Crippen molar-refractivity contribution in [2.45, 2.75) is 13.8 Å². The molecule has 0 atom stereocenters. The van der Waals surface area contributed by atoms with Crippen LogP contribution in [-0.2, 0) is 0 Å². The van der Waals surface area contributed by atoms with E-state index < -0.39 is 0 Å². The quantitative estimate of drug-likeness (QED) is 0.541. The summed E-state index contributed by atoms with van der Waals surface area (Å²) < 4.78 is 0. The van der Waals surface area contributed by atoms with Gasteiger partial charge >= 0.3 is 0 Å². The molecule has 0 saturated heterocycles. The Morgan fingerprint density at radius 2 is 1.70 bits per heavy atom. The van der Waals surface area contributed by atoms with Gasteiger partial charge in [0.15, 0.2) is 5.75 Å². The molecule has 0 aliphatic heterocycles. The van der Waals surface area contributed by atoms with Gasteiger partial charge in [0.05, 0.1) is 21.9 Å². The Kier molecular flexibility index (Phi) is 3.80. The van der Waals surface area contributed by atoms with E-state index in [4.69, 9.17) is 4.84 Å². The average Bonchev–Trinajstić information content (AvgIpc) is 2.82. The zero-order valence-corrected chi connectivity index (χ0v) is 12.8. The van der Waals surface area contributed by atoms with Gasteiger partial charge in [0.1, 0.15) is 0 Å². The van der Waals surface area contributed by atoms with Crippen LogP contribution in [0.2, 0.25) is 0 Å². The lowest BCUT2D eigenvalue weighted by molar-refractivity contribution is -0.384. The summed E-state index contributed by atoms with van der Waals surface area (Å²) in [4.78, 5) is 18.0. The van der Waals surface area contributed by atoms with Crippen molar-refractivity contribution in [1.29, 1.82) is 0 Å². The van der Waals surface area contributed by atoms with Crippen LogP contribution in [0.3, 0.4) is 0 Å². The number of aromatic nitrogens is 2. The average molecular weight is 309 g/mol. The molecule has 23 heavy (non-hydrogen) atoms. The highest BCUT2D eigenvalue weighted by molar-refractivity contribution is 5.76. The van der Waals surface area contributed by atoms with Crippen molar-refractivity contribution < 1.29 is 9.76 Å². The van der Waals surface area contributed by atoms with Gasteiger partial charge < -0.3 is 4.84 Å². The lowest BCUT2D eigenvalue weighted by Gasteiger charge is -2.07. The number of hydrogen-bond acceptors (Lipinski definition) is 4. The standard InChI is InChI=1S/C17H15N3O3/c1-12-17(15-10-6-7-11-16(15)20(21)22)13(2)19(18-12)23-14-8-4-3-5-9-14/h3-11H,1-2H3. The molecule has 0 bridgehead atoms. The number of nitro groups is 1. The van der Waals surface area contributed by atoms with Crippen molar-refractivity contribution in [2.24, 2.45) is 0 Å². The third-order valence-corrected chi connectivity index (χ3v) is 3.56. The molecule has 0 spiro atoms. The Labute approximate surface area is 133 Å². The maximum absolute atomic E-state index is 11.3. The Balaban J connectivity index is 2.07. The molecule has 1 aromatic heterocycles. The van der Waals surface area contributed by atoms with E-state index in [1.807, 2.05) is 44.2 Å². The highest BCUT2D eigenvalue weighted by atomic mass is 16.7. The fraction of sp³-hybridized carbons (Fsp3) is 0.118. The summed E-state index contributed by atoms with van der Waals surface area (Å²) >= 11 is 0. The molecule has 3 rings (SSSR count). The lowest BCUT2D eigenvalue weighted by atomic mass is 10.0. The fourth-order valence-electron chi connectivity index (χ4n) is 2.52. The minimum absolute atomic E-state index is 0.0537. The fourth-order valence-corrected chi connectivity index (χ4v) is 2.52. The van der Waals surface area contributed by atoms with Crippen molar-refractivity contribution in [3.8, 4) is 16.9 Å². The normalized spacial score (nSPS) is 10.5. The first-order valence-electron chi connectivity index (χ1n) is 7.11. The highest BCUT2D eigenvalue weighted by Gasteiger charge is 2.22. The molecule has 0 unspecified atom stereocenters. The summed E-state index contributed by atoms with van der Waals surface area (Å²) in [6, 6.07) is 15.9. The number of aryl methyl sites for hydroxylation is 1. The summed E-state index contributed by atoms with van der Waals surface area (Å²) in [5.74, 6) is 0.646. The minimum Gasteiger partial charge on any atom is -0.358 e. The molecule has 2 aromatic carbocycles. The van der Waals surface area contributed by atoms with Crippen LogP contribution in [-0.4, -0.2) is 14.9 Å². The van der Waals surface area contributed by atoms with E-state index >= 15 is 0 Å². The molecule has 0 radical (unpaired) electrons. The zero-order valence-electron chi connectivity index (χ0n) is 12.8. The van der Waals surface area contributed by atoms with E-state index in [1.165, 1.54) is 10.9 Å². The van der Waals surface area contributed by atoms with Crippen LogP contribution < -0.4 is 4.84 Å². The number of benzene rings is 2. The van der Waals surface area contributed by atoms with Crippen molar-refractivity contribution in [2.75, 3.05) is 0 Å².